The summed E-state index contributed by atoms with van der Waals surface area (Å²) in [5, 5.41) is 0.907. The maximum Gasteiger partial charge on any atom is 0.276 e. The molecule has 0 atom stereocenters. The van der Waals surface area contributed by atoms with Gasteiger partial charge in [0.1, 0.15) is 5.69 Å². The number of nitrogens with zero attached hydrogens (tertiary/aromatic N) is 3. The van der Waals surface area contributed by atoms with Gasteiger partial charge in [-0.2, -0.15) is 0 Å². The maximum atomic E-state index is 13.1. The minimum atomic E-state index is -0.308. The fourth-order valence-electron chi connectivity index (χ4n) is 3.80. The third-order valence-corrected chi connectivity index (χ3v) is 5.40. The van der Waals surface area contributed by atoms with Gasteiger partial charge in [0, 0.05) is 37.1 Å². The zero-order valence-electron chi connectivity index (χ0n) is 16.0. The third kappa shape index (κ3) is 3.27. The smallest absolute Gasteiger partial charge is 0.276 e. The molecule has 1 fully saturated rings. The van der Waals surface area contributed by atoms with Crippen LogP contribution in [0.3, 0.4) is 0 Å². The topological polar surface area (TPSA) is 71.6 Å². The van der Waals surface area contributed by atoms with Gasteiger partial charge >= 0.3 is 0 Å². The highest BCUT2D eigenvalue weighted by molar-refractivity contribution is 6.00. The van der Waals surface area contributed by atoms with Crippen LogP contribution in [-0.4, -0.2) is 48.5 Å². The quantitative estimate of drug-likeness (QED) is 0.707. The molecule has 0 saturated carbocycles. The zero-order valence-corrected chi connectivity index (χ0v) is 16.0. The lowest BCUT2D eigenvalue weighted by atomic mass is 10.1. The van der Waals surface area contributed by atoms with Gasteiger partial charge in [-0.3, -0.25) is 14.2 Å². The van der Waals surface area contributed by atoms with Crippen molar-refractivity contribution in [2.24, 2.45) is 0 Å². The van der Waals surface area contributed by atoms with Gasteiger partial charge < -0.3 is 15.5 Å². The van der Waals surface area contributed by atoms with E-state index in [4.69, 9.17) is 5.73 Å². The molecule has 3 aromatic rings. The number of aromatic nitrogens is 1. The second-order valence-electron chi connectivity index (χ2n) is 7.25. The summed E-state index contributed by atoms with van der Waals surface area (Å²) in [6.45, 7) is 3.44. The number of likely N-dealkylation sites (N-methyl/N-ethyl adjacent to an activating group) is 1. The van der Waals surface area contributed by atoms with Crippen molar-refractivity contribution in [2.75, 3.05) is 43.9 Å². The first-order valence-corrected chi connectivity index (χ1v) is 9.49. The lowest BCUT2D eigenvalue weighted by Gasteiger charge is -2.35. The van der Waals surface area contributed by atoms with Crippen LogP contribution in [0, 0.1) is 0 Å². The Morgan fingerprint density at radius 1 is 0.964 bits per heavy atom. The molecule has 0 aliphatic carbocycles. The molecule has 2 heterocycles. The minimum Gasteiger partial charge on any atom is -0.393 e. The fraction of sp³-hybridized carbons (Fsp3) is 0.273. The molecular formula is C22H24N4O2. The average molecular weight is 376 g/mol. The van der Waals surface area contributed by atoms with Gasteiger partial charge in [0.25, 0.3) is 5.56 Å². The number of hydrogen-bond donors (Lipinski definition) is 1. The van der Waals surface area contributed by atoms with E-state index < -0.39 is 0 Å². The second-order valence-corrected chi connectivity index (χ2v) is 7.25. The Balaban J connectivity index is 1.81. The van der Waals surface area contributed by atoms with E-state index in [1.165, 1.54) is 4.57 Å². The number of ketones is 1. The lowest BCUT2D eigenvalue weighted by molar-refractivity contribution is 0.0972. The highest BCUT2D eigenvalue weighted by Gasteiger charge is 2.23. The Kier molecular flexibility index (Phi) is 4.88. The summed E-state index contributed by atoms with van der Waals surface area (Å²) in [5.41, 5.74) is 8.34. The van der Waals surface area contributed by atoms with Crippen LogP contribution in [0.1, 0.15) is 10.4 Å². The Bertz CT molecular complexity index is 1070. The summed E-state index contributed by atoms with van der Waals surface area (Å²) in [5.74, 6) is -0.111. The number of para-hydroxylation sites is 1. The predicted molar refractivity (Wildman–Crippen MR) is 113 cm³/mol. The largest absolute Gasteiger partial charge is 0.393 e. The number of hydrogen-bond acceptors (Lipinski definition) is 5. The van der Waals surface area contributed by atoms with Crippen LogP contribution in [-0.2, 0) is 6.54 Å². The molecule has 1 saturated heterocycles. The zero-order chi connectivity index (χ0) is 19.7. The molecule has 144 valence electrons. The molecular weight excluding hydrogens is 352 g/mol. The predicted octanol–water partition coefficient (Wildman–Crippen LogP) is 2.22. The molecule has 4 rings (SSSR count). The Hall–Kier alpha value is -3.12. The number of pyridine rings is 1. The fourth-order valence-corrected chi connectivity index (χ4v) is 3.80. The minimum absolute atomic E-state index is 0.0312. The van der Waals surface area contributed by atoms with Crippen molar-refractivity contribution in [3.63, 3.8) is 0 Å². The molecule has 6 nitrogen and oxygen atoms in total. The molecule has 1 aromatic heterocycles. The van der Waals surface area contributed by atoms with Crippen molar-refractivity contribution in [1.29, 1.82) is 0 Å². The molecule has 0 unspecified atom stereocenters. The van der Waals surface area contributed by atoms with E-state index in [2.05, 4.69) is 16.8 Å². The van der Waals surface area contributed by atoms with E-state index in [0.717, 1.165) is 42.8 Å². The second kappa shape index (κ2) is 7.48. The van der Waals surface area contributed by atoms with Gasteiger partial charge in [0.15, 0.2) is 5.78 Å². The van der Waals surface area contributed by atoms with Crippen molar-refractivity contribution >= 4 is 28.1 Å². The van der Waals surface area contributed by atoms with Gasteiger partial charge in [-0.05, 0) is 13.1 Å². The Labute approximate surface area is 163 Å². The van der Waals surface area contributed by atoms with Gasteiger partial charge in [0.2, 0.25) is 0 Å². The SMILES string of the molecule is CN1CCN(c2c(N)c(=O)n(CC(=O)c3ccccc3)c3ccccc23)CC1. The van der Waals surface area contributed by atoms with Crippen LogP contribution in [0.4, 0.5) is 11.4 Å². The molecule has 28 heavy (non-hydrogen) atoms. The molecule has 2 N–H and O–H groups in total. The summed E-state index contributed by atoms with van der Waals surface area (Å²) < 4.78 is 1.50. The summed E-state index contributed by atoms with van der Waals surface area (Å²) >= 11 is 0. The molecule has 0 bridgehead atoms. The van der Waals surface area contributed by atoms with E-state index >= 15 is 0 Å². The standard InChI is InChI=1S/C22H24N4O2/c1-24-11-13-25(14-12-24)21-17-9-5-6-10-18(17)26(22(28)20(21)23)15-19(27)16-7-3-2-4-8-16/h2-10H,11-15,23H2,1H3. The van der Waals surface area contributed by atoms with Crippen molar-refractivity contribution in [1.82, 2.24) is 9.47 Å². The van der Waals surface area contributed by atoms with E-state index in [1.807, 2.05) is 42.5 Å². The molecule has 0 spiro atoms. The first-order valence-electron chi connectivity index (χ1n) is 9.49. The summed E-state index contributed by atoms with van der Waals surface area (Å²) in [4.78, 5) is 30.3. The van der Waals surface area contributed by atoms with Crippen LogP contribution < -0.4 is 16.2 Å². The monoisotopic (exact) mass is 376 g/mol. The normalized spacial score (nSPS) is 15.1. The van der Waals surface area contributed by atoms with Crippen LogP contribution >= 0.6 is 0 Å². The summed E-state index contributed by atoms with van der Waals surface area (Å²) in [7, 11) is 2.09. The number of anilines is 2. The van der Waals surface area contributed by atoms with Crippen LogP contribution in [0.25, 0.3) is 10.9 Å². The molecule has 1 aliphatic heterocycles. The highest BCUT2D eigenvalue weighted by Crippen LogP contribution is 2.31. The number of carbonyl (C=O) groups is 1. The van der Waals surface area contributed by atoms with Crippen LogP contribution in [0.5, 0.6) is 0 Å². The Morgan fingerprint density at radius 2 is 1.61 bits per heavy atom. The first kappa shape index (κ1) is 18.3. The Morgan fingerprint density at radius 3 is 2.32 bits per heavy atom. The number of carbonyl (C=O) groups excluding carboxylic acids is 1. The van der Waals surface area contributed by atoms with E-state index in [0.29, 0.717) is 5.56 Å². The van der Waals surface area contributed by atoms with Crippen molar-refractivity contribution in [3.05, 3.63) is 70.5 Å². The molecule has 0 radical (unpaired) electrons. The van der Waals surface area contributed by atoms with Crippen molar-refractivity contribution in [2.45, 2.75) is 6.54 Å². The number of benzene rings is 2. The van der Waals surface area contributed by atoms with Crippen LogP contribution in [0.15, 0.2) is 59.4 Å². The number of rotatable bonds is 4. The van der Waals surface area contributed by atoms with Gasteiger partial charge in [-0.1, -0.05) is 48.5 Å². The van der Waals surface area contributed by atoms with Crippen molar-refractivity contribution < 1.29 is 4.79 Å². The number of Topliss-reactive ketones (excluding diaryl/α,β-unsaturated/α-hetero) is 1. The molecule has 0 amide bonds. The van der Waals surface area contributed by atoms with Gasteiger partial charge in [0.05, 0.1) is 17.7 Å². The number of fused-ring (bicyclic) bond motifs is 1. The highest BCUT2D eigenvalue weighted by atomic mass is 16.1. The van der Waals surface area contributed by atoms with E-state index in [-0.39, 0.29) is 23.6 Å². The molecule has 6 heteroatoms. The number of nitrogen functional groups attached to an aromatic ring is 1. The molecule has 1 aliphatic rings. The summed E-state index contributed by atoms with van der Waals surface area (Å²) in [6, 6.07) is 16.7. The first-order chi connectivity index (χ1) is 13.6. The van der Waals surface area contributed by atoms with E-state index in [1.54, 1.807) is 12.1 Å². The van der Waals surface area contributed by atoms with Gasteiger partial charge in [-0.15, -0.1) is 0 Å². The number of piperazine rings is 1. The number of nitrogens with two attached hydrogens (primary N) is 1. The molecule has 2 aromatic carbocycles. The van der Waals surface area contributed by atoms with Crippen LogP contribution in [0.2, 0.25) is 0 Å². The third-order valence-electron chi connectivity index (χ3n) is 5.40. The van der Waals surface area contributed by atoms with Crippen molar-refractivity contribution in [3.8, 4) is 0 Å². The maximum absolute atomic E-state index is 13.1. The van der Waals surface area contributed by atoms with Gasteiger partial charge in [-0.25, -0.2) is 0 Å². The van der Waals surface area contributed by atoms with E-state index in [9.17, 15) is 9.59 Å². The average Bonchev–Trinajstić information content (AvgIpc) is 2.73. The summed E-state index contributed by atoms with van der Waals surface area (Å²) in [6.07, 6.45) is 0. The lowest BCUT2D eigenvalue weighted by Crippen LogP contribution is -2.45.